The molecule has 0 saturated carbocycles. The van der Waals surface area contributed by atoms with Gasteiger partial charge in [0.15, 0.2) is 0 Å². The van der Waals surface area contributed by atoms with Gasteiger partial charge < -0.3 is 0 Å². The third-order valence-corrected chi connectivity index (χ3v) is 3.52. The predicted octanol–water partition coefficient (Wildman–Crippen LogP) is 6.05. The summed E-state index contributed by atoms with van der Waals surface area (Å²) in [7, 11) is 0. The quantitative estimate of drug-likeness (QED) is 0.597. The maximum absolute atomic E-state index is 6.03. The first-order chi connectivity index (χ1) is 8.56. The Labute approximate surface area is 125 Å². The van der Waals surface area contributed by atoms with Crippen LogP contribution in [0.3, 0.4) is 0 Å². The first-order valence-electron chi connectivity index (χ1n) is 5.00. The molecule has 0 unspecified atom stereocenters. The van der Waals surface area contributed by atoms with E-state index >= 15 is 0 Å². The van der Waals surface area contributed by atoms with Crippen LogP contribution in [0, 0.1) is 0 Å². The Kier molecular flexibility index (Phi) is 4.52. The highest BCUT2D eigenvalue weighted by Gasteiger charge is 2.00. The average molecular weight is 319 g/mol. The molecule has 0 fully saturated rings. The SMILES string of the molecule is Clc1ccc(C=Nc2ccc(Cl)c(Cl)c2)c(Cl)c1. The second-order valence-electron chi connectivity index (χ2n) is 3.52. The minimum absolute atomic E-state index is 0.466. The number of benzene rings is 2. The van der Waals surface area contributed by atoms with Gasteiger partial charge in [0.25, 0.3) is 0 Å². The van der Waals surface area contributed by atoms with Crippen molar-refractivity contribution in [2.75, 3.05) is 0 Å². The molecule has 18 heavy (non-hydrogen) atoms. The van der Waals surface area contributed by atoms with Gasteiger partial charge in [0.05, 0.1) is 20.8 Å². The van der Waals surface area contributed by atoms with Gasteiger partial charge in [-0.25, -0.2) is 0 Å². The van der Waals surface area contributed by atoms with Crippen molar-refractivity contribution in [2.24, 2.45) is 4.99 Å². The number of hydrogen-bond donors (Lipinski definition) is 0. The summed E-state index contributed by atoms with van der Waals surface area (Å²) < 4.78 is 0. The minimum atomic E-state index is 0.466. The van der Waals surface area contributed by atoms with E-state index in [0.717, 1.165) is 5.56 Å². The number of nitrogens with zero attached hydrogens (tertiary/aromatic N) is 1. The van der Waals surface area contributed by atoms with Crippen molar-refractivity contribution in [3.8, 4) is 0 Å². The largest absolute Gasteiger partial charge is 0.256 e. The van der Waals surface area contributed by atoms with Gasteiger partial charge in [0.1, 0.15) is 0 Å². The van der Waals surface area contributed by atoms with E-state index in [9.17, 15) is 0 Å². The Balaban J connectivity index is 2.27. The van der Waals surface area contributed by atoms with Crippen LogP contribution in [0.5, 0.6) is 0 Å². The first-order valence-corrected chi connectivity index (χ1v) is 6.51. The maximum Gasteiger partial charge on any atom is 0.0645 e. The fourth-order valence-electron chi connectivity index (χ4n) is 1.32. The normalized spacial score (nSPS) is 11.1. The Bertz CT molecular complexity index is 608. The van der Waals surface area contributed by atoms with Crippen molar-refractivity contribution >= 4 is 58.3 Å². The van der Waals surface area contributed by atoms with E-state index in [1.165, 1.54) is 0 Å². The van der Waals surface area contributed by atoms with Crippen LogP contribution >= 0.6 is 46.4 Å². The standard InChI is InChI=1S/C13H7Cl4N/c14-9-2-1-8(12(16)5-9)7-18-10-3-4-11(15)13(17)6-10/h1-7H. The summed E-state index contributed by atoms with van der Waals surface area (Å²) in [6.45, 7) is 0. The highest BCUT2D eigenvalue weighted by atomic mass is 35.5. The molecule has 2 rings (SSSR count). The Hall–Kier alpha value is -0.730. The van der Waals surface area contributed by atoms with E-state index in [1.54, 1.807) is 42.6 Å². The molecular weight excluding hydrogens is 312 g/mol. The second kappa shape index (κ2) is 5.94. The lowest BCUT2D eigenvalue weighted by Gasteiger charge is -1.99. The molecule has 1 nitrogen and oxygen atoms in total. The molecule has 92 valence electrons. The van der Waals surface area contributed by atoms with Crippen LogP contribution in [0.2, 0.25) is 20.1 Å². The van der Waals surface area contributed by atoms with Gasteiger partial charge in [-0.15, -0.1) is 0 Å². The molecular formula is C13H7Cl4N. The smallest absolute Gasteiger partial charge is 0.0645 e. The fourth-order valence-corrected chi connectivity index (χ4v) is 2.07. The van der Waals surface area contributed by atoms with Crippen molar-refractivity contribution in [1.82, 2.24) is 0 Å². The second-order valence-corrected chi connectivity index (χ2v) is 5.18. The lowest BCUT2D eigenvalue weighted by Crippen LogP contribution is -1.82. The Morgan fingerprint density at radius 3 is 2.22 bits per heavy atom. The van der Waals surface area contributed by atoms with Crippen molar-refractivity contribution in [3.63, 3.8) is 0 Å². The van der Waals surface area contributed by atoms with Crippen LogP contribution < -0.4 is 0 Å². The molecule has 0 amide bonds. The molecule has 0 heterocycles. The number of aliphatic imine (C=N–C) groups is 1. The molecule has 0 aromatic heterocycles. The summed E-state index contributed by atoms with van der Waals surface area (Å²) in [5, 5.41) is 2.10. The summed E-state index contributed by atoms with van der Waals surface area (Å²) in [4.78, 5) is 4.27. The van der Waals surface area contributed by atoms with E-state index in [4.69, 9.17) is 46.4 Å². The molecule has 5 heteroatoms. The van der Waals surface area contributed by atoms with Gasteiger partial charge in [-0.2, -0.15) is 0 Å². The van der Waals surface area contributed by atoms with Gasteiger partial charge in [0.2, 0.25) is 0 Å². The Morgan fingerprint density at radius 1 is 0.778 bits per heavy atom. The summed E-state index contributed by atoms with van der Waals surface area (Å²) in [6.07, 6.45) is 1.65. The number of rotatable bonds is 2. The van der Waals surface area contributed by atoms with Crippen molar-refractivity contribution < 1.29 is 0 Å². The minimum Gasteiger partial charge on any atom is -0.256 e. The molecule has 0 aliphatic carbocycles. The predicted molar refractivity (Wildman–Crippen MR) is 80.2 cm³/mol. The van der Waals surface area contributed by atoms with Gasteiger partial charge in [-0.3, -0.25) is 4.99 Å². The Morgan fingerprint density at radius 2 is 1.56 bits per heavy atom. The number of halogens is 4. The number of hydrogen-bond acceptors (Lipinski definition) is 1. The van der Waals surface area contributed by atoms with Crippen molar-refractivity contribution in [1.29, 1.82) is 0 Å². The molecule has 0 aliphatic rings. The summed E-state index contributed by atoms with van der Waals surface area (Å²) in [5.74, 6) is 0. The highest BCUT2D eigenvalue weighted by molar-refractivity contribution is 6.42. The summed E-state index contributed by atoms with van der Waals surface area (Å²) in [5.41, 5.74) is 1.49. The van der Waals surface area contributed by atoms with Crippen LogP contribution in [0.4, 0.5) is 5.69 Å². The summed E-state index contributed by atoms with van der Waals surface area (Å²) in [6, 6.07) is 10.4. The highest BCUT2D eigenvalue weighted by Crippen LogP contribution is 2.27. The van der Waals surface area contributed by atoms with Crippen LogP contribution in [-0.2, 0) is 0 Å². The monoisotopic (exact) mass is 317 g/mol. The molecule has 0 N–H and O–H groups in total. The fraction of sp³-hybridized carbons (Fsp3) is 0. The van der Waals surface area contributed by atoms with Gasteiger partial charge in [-0.05, 0) is 30.3 Å². The third-order valence-electron chi connectivity index (χ3n) is 2.22. The van der Waals surface area contributed by atoms with Gasteiger partial charge >= 0.3 is 0 Å². The first kappa shape index (κ1) is 13.7. The lowest BCUT2D eigenvalue weighted by atomic mass is 10.2. The maximum atomic E-state index is 6.03. The molecule has 0 atom stereocenters. The molecule has 0 spiro atoms. The van der Waals surface area contributed by atoms with Crippen molar-refractivity contribution in [2.45, 2.75) is 0 Å². The van der Waals surface area contributed by atoms with Crippen molar-refractivity contribution in [3.05, 3.63) is 62.1 Å². The summed E-state index contributed by atoms with van der Waals surface area (Å²) >= 11 is 23.6. The third kappa shape index (κ3) is 3.39. The molecule has 2 aromatic rings. The van der Waals surface area contributed by atoms with Gasteiger partial charge in [0, 0.05) is 16.8 Å². The van der Waals surface area contributed by atoms with E-state index in [1.807, 2.05) is 0 Å². The zero-order valence-electron chi connectivity index (χ0n) is 9.00. The molecule has 0 saturated heterocycles. The van der Waals surface area contributed by atoms with E-state index in [2.05, 4.69) is 4.99 Å². The zero-order chi connectivity index (χ0) is 13.1. The topological polar surface area (TPSA) is 12.4 Å². The lowest BCUT2D eigenvalue weighted by molar-refractivity contribution is 1.52. The zero-order valence-corrected chi connectivity index (χ0v) is 12.0. The molecule has 2 aromatic carbocycles. The average Bonchev–Trinajstić information content (AvgIpc) is 2.32. The molecule has 0 bridgehead atoms. The van der Waals surface area contributed by atoms with E-state index in [-0.39, 0.29) is 0 Å². The molecule has 0 radical (unpaired) electrons. The van der Waals surface area contributed by atoms with E-state index < -0.39 is 0 Å². The van der Waals surface area contributed by atoms with E-state index in [0.29, 0.717) is 25.8 Å². The molecule has 0 aliphatic heterocycles. The van der Waals surface area contributed by atoms with Crippen LogP contribution in [0.25, 0.3) is 0 Å². The van der Waals surface area contributed by atoms with Crippen LogP contribution in [0.15, 0.2) is 41.4 Å². The van der Waals surface area contributed by atoms with Gasteiger partial charge in [-0.1, -0.05) is 52.5 Å². The van der Waals surface area contributed by atoms with Crippen LogP contribution in [0.1, 0.15) is 5.56 Å². The van der Waals surface area contributed by atoms with Crippen LogP contribution in [-0.4, -0.2) is 6.21 Å².